The molecule has 2 N–H and O–H groups in total. The lowest BCUT2D eigenvalue weighted by atomic mass is 10.1. The molecule has 0 fully saturated rings. The summed E-state index contributed by atoms with van der Waals surface area (Å²) in [6, 6.07) is 5.73. The molecule has 19 heavy (non-hydrogen) atoms. The Hall–Kier alpha value is -0.683. The van der Waals surface area contributed by atoms with Crippen LogP contribution in [0.3, 0.4) is 0 Å². The molecule has 0 saturated heterocycles. The molecular formula is C15H26O3Si. The van der Waals surface area contributed by atoms with Gasteiger partial charge in [-0.3, -0.25) is 0 Å². The van der Waals surface area contributed by atoms with E-state index in [9.17, 15) is 10.2 Å². The van der Waals surface area contributed by atoms with Gasteiger partial charge in [0.25, 0.3) is 0 Å². The summed E-state index contributed by atoms with van der Waals surface area (Å²) in [5.41, 5.74) is 2.60. The molecule has 0 radical (unpaired) electrons. The van der Waals surface area contributed by atoms with Crippen molar-refractivity contribution in [2.24, 2.45) is 0 Å². The monoisotopic (exact) mass is 282 g/mol. The first-order chi connectivity index (χ1) is 8.71. The molecule has 0 bridgehead atoms. The van der Waals surface area contributed by atoms with Crippen molar-refractivity contribution in [2.45, 2.75) is 58.7 Å². The van der Waals surface area contributed by atoms with Crippen LogP contribution in [0.1, 0.15) is 37.5 Å². The van der Waals surface area contributed by atoms with Crippen LogP contribution >= 0.6 is 0 Å². The molecule has 0 atom stereocenters. The molecule has 1 aromatic carbocycles. The summed E-state index contributed by atoms with van der Waals surface area (Å²) in [4.78, 5) is 0. The lowest BCUT2D eigenvalue weighted by Crippen LogP contribution is -2.40. The molecule has 0 aliphatic heterocycles. The molecule has 0 aliphatic rings. The van der Waals surface area contributed by atoms with Gasteiger partial charge in [-0.25, -0.2) is 0 Å². The van der Waals surface area contributed by atoms with Crippen molar-refractivity contribution >= 4 is 8.32 Å². The predicted molar refractivity (Wildman–Crippen MR) is 80.3 cm³/mol. The van der Waals surface area contributed by atoms with E-state index < -0.39 is 8.32 Å². The van der Waals surface area contributed by atoms with E-state index in [2.05, 4.69) is 33.9 Å². The topological polar surface area (TPSA) is 49.7 Å². The number of hydrogen-bond acceptors (Lipinski definition) is 3. The van der Waals surface area contributed by atoms with Crippen LogP contribution in [0.15, 0.2) is 18.2 Å². The Labute approximate surface area is 117 Å². The molecule has 0 aromatic heterocycles. The lowest BCUT2D eigenvalue weighted by molar-refractivity contribution is 0.257. The number of aliphatic hydroxyl groups excluding tert-OH is 2. The average molecular weight is 282 g/mol. The van der Waals surface area contributed by atoms with Crippen molar-refractivity contribution in [2.75, 3.05) is 0 Å². The van der Waals surface area contributed by atoms with Crippen molar-refractivity contribution < 1.29 is 14.6 Å². The second kappa shape index (κ2) is 6.18. The van der Waals surface area contributed by atoms with Crippen LogP contribution in [0.4, 0.5) is 0 Å². The highest BCUT2D eigenvalue weighted by Gasteiger charge is 2.36. The quantitative estimate of drug-likeness (QED) is 0.815. The Balaban J connectivity index is 2.79. The van der Waals surface area contributed by atoms with E-state index in [0.29, 0.717) is 6.61 Å². The highest BCUT2D eigenvalue weighted by atomic mass is 28.4. The highest BCUT2D eigenvalue weighted by molar-refractivity contribution is 6.74. The molecule has 3 nitrogen and oxygen atoms in total. The maximum absolute atomic E-state index is 9.29. The minimum Gasteiger partial charge on any atom is -0.413 e. The molecule has 108 valence electrons. The molecule has 1 aromatic rings. The normalized spacial score (nSPS) is 12.8. The van der Waals surface area contributed by atoms with E-state index >= 15 is 0 Å². The summed E-state index contributed by atoms with van der Waals surface area (Å²) in [6.45, 7) is 11.6. The summed E-state index contributed by atoms with van der Waals surface area (Å²) in [7, 11) is -1.75. The Morgan fingerprint density at radius 2 is 1.63 bits per heavy atom. The van der Waals surface area contributed by atoms with E-state index in [1.54, 1.807) is 0 Å². The van der Waals surface area contributed by atoms with Crippen molar-refractivity contribution in [3.8, 4) is 0 Å². The third kappa shape index (κ3) is 4.14. The van der Waals surface area contributed by atoms with Gasteiger partial charge in [-0.2, -0.15) is 0 Å². The number of rotatable bonds is 5. The zero-order valence-corrected chi connectivity index (χ0v) is 13.7. The van der Waals surface area contributed by atoms with Gasteiger partial charge in [0.2, 0.25) is 0 Å². The highest BCUT2D eigenvalue weighted by Crippen LogP contribution is 2.37. The van der Waals surface area contributed by atoms with Crippen molar-refractivity contribution in [3.63, 3.8) is 0 Å². The summed E-state index contributed by atoms with van der Waals surface area (Å²) in [5, 5.41) is 18.7. The maximum Gasteiger partial charge on any atom is 0.192 e. The molecule has 0 spiro atoms. The van der Waals surface area contributed by atoms with Crippen LogP contribution in [-0.4, -0.2) is 18.5 Å². The zero-order chi connectivity index (χ0) is 14.7. The van der Waals surface area contributed by atoms with E-state index in [0.717, 1.165) is 16.7 Å². The first-order valence-electron chi connectivity index (χ1n) is 6.67. The van der Waals surface area contributed by atoms with Gasteiger partial charge in [0.15, 0.2) is 8.32 Å². The molecule has 0 aliphatic carbocycles. The fraction of sp³-hybridized carbons (Fsp3) is 0.600. The molecule has 1 rings (SSSR count). The van der Waals surface area contributed by atoms with Crippen LogP contribution in [-0.2, 0) is 24.2 Å². The van der Waals surface area contributed by atoms with Gasteiger partial charge in [-0.15, -0.1) is 0 Å². The second-order valence-electron chi connectivity index (χ2n) is 6.47. The molecule has 0 unspecified atom stereocenters. The largest absolute Gasteiger partial charge is 0.413 e. The summed E-state index contributed by atoms with van der Waals surface area (Å²) in [5.74, 6) is 0. The standard InChI is InChI=1S/C15H26O3Si/c1-15(2,3)19(4,5)18-11-12-6-7-13(9-16)14(8-12)10-17/h6-8,16-17H,9-11H2,1-5H3. The summed E-state index contributed by atoms with van der Waals surface area (Å²) >= 11 is 0. The first kappa shape index (κ1) is 16.4. The Morgan fingerprint density at radius 1 is 1.05 bits per heavy atom. The van der Waals surface area contributed by atoms with E-state index in [1.165, 1.54) is 0 Å². The minimum absolute atomic E-state index is 0.0424. The van der Waals surface area contributed by atoms with Crippen molar-refractivity contribution in [1.82, 2.24) is 0 Å². The van der Waals surface area contributed by atoms with E-state index in [1.807, 2.05) is 18.2 Å². The molecule has 0 saturated carbocycles. The van der Waals surface area contributed by atoms with Crippen molar-refractivity contribution in [1.29, 1.82) is 0 Å². The maximum atomic E-state index is 9.29. The molecule has 0 heterocycles. The van der Waals surface area contributed by atoms with Gasteiger partial charge in [0.1, 0.15) is 0 Å². The second-order valence-corrected chi connectivity index (χ2v) is 11.3. The van der Waals surface area contributed by atoms with E-state index in [-0.39, 0.29) is 18.3 Å². The fourth-order valence-electron chi connectivity index (χ4n) is 1.55. The average Bonchev–Trinajstić information content (AvgIpc) is 2.34. The van der Waals surface area contributed by atoms with Crippen molar-refractivity contribution in [3.05, 3.63) is 34.9 Å². The summed E-state index contributed by atoms with van der Waals surface area (Å²) in [6.07, 6.45) is 0. The van der Waals surface area contributed by atoms with Gasteiger partial charge in [0, 0.05) is 0 Å². The number of benzene rings is 1. The fourth-order valence-corrected chi connectivity index (χ4v) is 2.51. The number of aliphatic hydroxyl groups is 2. The number of hydrogen-bond donors (Lipinski definition) is 2. The van der Waals surface area contributed by atoms with Gasteiger partial charge in [-0.05, 0) is 34.8 Å². The summed E-state index contributed by atoms with van der Waals surface area (Å²) < 4.78 is 6.15. The smallest absolute Gasteiger partial charge is 0.192 e. The first-order valence-corrected chi connectivity index (χ1v) is 9.58. The van der Waals surface area contributed by atoms with Crippen LogP contribution in [0, 0.1) is 0 Å². The molecular weight excluding hydrogens is 256 g/mol. The van der Waals surface area contributed by atoms with Gasteiger partial charge < -0.3 is 14.6 Å². The molecule has 0 amide bonds. The van der Waals surface area contributed by atoms with Crippen LogP contribution in [0.25, 0.3) is 0 Å². The van der Waals surface area contributed by atoms with Gasteiger partial charge in [0.05, 0.1) is 19.8 Å². The van der Waals surface area contributed by atoms with Gasteiger partial charge >= 0.3 is 0 Å². The van der Waals surface area contributed by atoms with Crippen LogP contribution in [0.2, 0.25) is 18.1 Å². The minimum atomic E-state index is -1.75. The third-order valence-electron chi connectivity index (χ3n) is 4.02. The van der Waals surface area contributed by atoms with Crippen LogP contribution in [0.5, 0.6) is 0 Å². The predicted octanol–water partition coefficient (Wildman–Crippen LogP) is 3.19. The zero-order valence-electron chi connectivity index (χ0n) is 12.7. The SMILES string of the molecule is CC(C)(C)[Si](C)(C)OCc1ccc(CO)c(CO)c1. The van der Waals surface area contributed by atoms with Crippen LogP contribution < -0.4 is 0 Å². The molecule has 4 heteroatoms. The lowest BCUT2D eigenvalue weighted by Gasteiger charge is -2.36. The van der Waals surface area contributed by atoms with E-state index in [4.69, 9.17) is 4.43 Å². The Morgan fingerprint density at radius 3 is 2.11 bits per heavy atom. The third-order valence-corrected chi connectivity index (χ3v) is 8.50. The van der Waals surface area contributed by atoms with Gasteiger partial charge in [-0.1, -0.05) is 39.0 Å². The Bertz CT molecular complexity index is 422. The Kier molecular flexibility index (Phi) is 5.32.